The number of amides is 2. The Hall–Kier alpha value is -2.80. The molecule has 0 radical (unpaired) electrons. The van der Waals surface area contributed by atoms with Gasteiger partial charge in [0.1, 0.15) is 11.0 Å². The van der Waals surface area contributed by atoms with Gasteiger partial charge in [-0.05, 0) is 29.8 Å². The van der Waals surface area contributed by atoms with Crippen LogP contribution >= 0.6 is 11.8 Å². The number of carbonyl (C=O) groups is 2. The molecule has 1 heterocycles. The van der Waals surface area contributed by atoms with Crippen LogP contribution in [0.4, 0.5) is 5.69 Å². The van der Waals surface area contributed by atoms with Gasteiger partial charge in [0.15, 0.2) is 5.17 Å². The first-order valence-corrected chi connectivity index (χ1v) is 8.98. The molecule has 1 atom stereocenters. The van der Waals surface area contributed by atoms with Crippen molar-refractivity contribution in [3.05, 3.63) is 60.2 Å². The highest BCUT2D eigenvalue weighted by Crippen LogP contribution is 2.32. The highest BCUT2D eigenvalue weighted by Gasteiger charge is 2.38. The van der Waals surface area contributed by atoms with E-state index in [1.165, 1.54) is 11.8 Å². The number of benzene rings is 2. The Bertz CT molecular complexity index is 822. The lowest BCUT2D eigenvalue weighted by molar-refractivity contribution is -0.128. The predicted molar refractivity (Wildman–Crippen MR) is 102 cm³/mol. The second kappa shape index (κ2) is 8.05. The van der Waals surface area contributed by atoms with Crippen LogP contribution in [-0.2, 0) is 16.1 Å². The van der Waals surface area contributed by atoms with Gasteiger partial charge in [0.2, 0.25) is 11.8 Å². The smallest absolute Gasteiger partial charge is 0.242 e. The van der Waals surface area contributed by atoms with E-state index in [1.54, 1.807) is 12.0 Å². The molecule has 1 saturated heterocycles. The number of carbonyl (C=O) groups excluding carboxylic acids is 2. The largest absolute Gasteiger partial charge is 0.497 e. The number of para-hydroxylation sites is 1. The standard InChI is InChI=1S/C19H19N3O3S/c1-25-15-9-7-13(8-10-15)12-22-18(24)16(11-17(20)23)26-19(22)21-14-5-3-2-4-6-14/h2-10,16H,11-12H2,1H3,(H2,20,23). The van der Waals surface area contributed by atoms with E-state index in [4.69, 9.17) is 10.5 Å². The highest BCUT2D eigenvalue weighted by molar-refractivity contribution is 8.15. The summed E-state index contributed by atoms with van der Waals surface area (Å²) in [5.41, 5.74) is 6.98. The summed E-state index contributed by atoms with van der Waals surface area (Å²) in [7, 11) is 1.61. The Labute approximate surface area is 156 Å². The average Bonchev–Trinajstić information content (AvgIpc) is 2.91. The maximum atomic E-state index is 12.8. The quantitative estimate of drug-likeness (QED) is 0.848. The van der Waals surface area contributed by atoms with Crippen LogP contribution in [0.2, 0.25) is 0 Å². The van der Waals surface area contributed by atoms with Crippen molar-refractivity contribution in [2.75, 3.05) is 7.11 Å². The normalized spacial score (nSPS) is 18.3. The molecule has 1 fully saturated rings. The lowest BCUT2D eigenvalue weighted by atomic mass is 10.2. The number of aliphatic imine (C=N–C) groups is 1. The molecule has 134 valence electrons. The molecule has 1 unspecified atom stereocenters. The first kappa shape index (κ1) is 18.0. The zero-order valence-electron chi connectivity index (χ0n) is 14.3. The van der Waals surface area contributed by atoms with E-state index in [-0.39, 0.29) is 12.3 Å². The minimum Gasteiger partial charge on any atom is -0.497 e. The van der Waals surface area contributed by atoms with Gasteiger partial charge in [-0.25, -0.2) is 4.99 Å². The fourth-order valence-electron chi connectivity index (χ4n) is 2.58. The first-order valence-electron chi connectivity index (χ1n) is 8.10. The molecule has 2 aromatic rings. The molecule has 3 rings (SSSR count). The van der Waals surface area contributed by atoms with Crippen LogP contribution in [0.5, 0.6) is 5.75 Å². The number of primary amides is 1. The van der Waals surface area contributed by atoms with Gasteiger partial charge in [0, 0.05) is 6.42 Å². The summed E-state index contributed by atoms with van der Waals surface area (Å²) in [6.45, 7) is 0.372. The second-order valence-corrected chi connectivity index (χ2v) is 6.95. The molecular formula is C19H19N3O3S. The van der Waals surface area contributed by atoms with Crippen LogP contribution in [-0.4, -0.2) is 34.2 Å². The van der Waals surface area contributed by atoms with Crippen molar-refractivity contribution in [2.45, 2.75) is 18.2 Å². The number of amidine groups is 1. The van der Waals surface area contributed by atoms with Crippen molar-refractivity contribution in [3.63, 3.8) is 0 Å². The molecule has 7 heteroatoms. The van der Waals surface area contributed by atoms with Gasteiger partial charge in [-0.3, -0.25) is 14.5 Å². The van der Waals surface area contributed by atoms with Gasteiger partial charge >= 0.3 is 0 Å². The molecule has 0 aromatic heterocycles. The number of hydrogen-bond donors (Lipinski definition) is 1. The van der Waals surface area contributed by atoms with Crippen molar-refractivity contribution >= 4 is 34.4 Å². The molecular weight excluding hydrogens is 350 g/mol. The molecule has 6 nitrogen and oxygen atoms in total. The van der Waals surface area contributed by atoms with Crippen LogP contribution in [0, 0.1) is 0 Å². The number of nitrogens with zero attached hydrogens (tertiary/aromatic N) is 2. The fourth-order valence-corrected chi connectivity index (χ4v) is 3.75. The predicted octanol–water partition coefficient (Wildman–Crippen LogP) is 2.70. The Morgan fingerprint density at radius 2 is 1.88 bits per heavy atom. The van der Waals surface area contributed by atoms with E-state index in [0.717, 1.165) is 17.0 Å². The van der Waals surface area contributed by atoms with Crippen LogP contribution < -0.4 is 10.5 Å². The molecule has 0 bridgehead atoms. The van der Waals surface area contributed by atoms with Crippen LogP contribution in [0.25, 0.3) is 0 Å². The van der Waals surface area contributed by atoms with Crippen molar-refractivity contribution in [2.24, 2.45) is 10.7 Å². The van der Waals surface area contributed by atoms with Crippen LogP contribution in [0.3, 0.4) is 0 Å². The zero-order valence-corrected chi connectivity index (χ0v) is 15.1. The molecule has 2 aromatic carbocycles. The van der Waals surface area contributed by atoms with Gasteiger partial charge in [-0.2, -0.15) is 0 Å². The monoisotopic (exact) mass is 369 g/mol. The number of rotatable bonds is 6. The SMILES string of the molecule is COc1ccc(CN2C(=O)C(CC(N)=O)SC2=Nc2ccccc2)cc1. The summed E-state index contributed by atoms with van der Waals surface area (Å²) in [6.07, 6.45) is -0.00355. The zero-order chi connectivity index (χ0) is 18.5. The van der Waals surface area contributed by atoms with E-state index in [9.17, 15) is 9.59 Å². The minimum atomic E-state index is -0.534. The maximum Gasteiger partial charge on any atom is 0.242 e. The van der Waals surface area contributed by atoms with Crippen molar-refractivity contribution < 1.29 is 14.3 Å². The van der Waals surface area contributed by atoms with Crippen LogP contribution in [0.15, 0.2) is 59.6 Å². The second-order valence-electron chi connectivity index (χ2n) is 5.78. The molecule has 1 aliphatic rings. The number of nitrogens with two attached hydrogens (primary N) is 1. The van der Waals surface area contributed by atoms with E-state index in [1.807, 2.05) is 54.6 Å². The van der Waals surface area contributed by atoms with Gasteiger partial charge in [-0.1, -0.05) is 42.1 Å². The van der Waals surface area contributed by atoms with E-state index < -0.39 is 11.2 Å². The third kappa shape index (κ3) is 4.23. The number of methoxy groups -OCH3 is 1. The minimum absolute atomic E-state index is 0.00355. The third-order valence-corrected chi connectivity index (χ3v) is 5.06. The van der Waals surface area contributed by atoms with Crippen molar-refractivity contribution in [1.29, 1.82) is 0 Å². The van der Waals surface area contributed by atoms with E-state index in [2.05, 4.69) is 4.99 Å². The molecule has 2 amide bonds. The summed E-state index contributed by atoms with van der Waals surface area (Å²) >= 11 is 1.28. The van der Waals surface area contributed by atoms with Gasteiger partial charge in [0.05, 0.1) is 19.3 Å². The fraction of sp³-hybridized carbons (Fsp3) is 0.211. The van der Waals surface area contributed by atoms with Crippen molar-refractivity contribution in [1.82, 2.24) is 4.90 Å². The Balaban J connectivity index is 1.87. The Morgan fingerprint density at radius 3 is 2.50 bits per heavy atom. The Morgan fingerprint density at radius 1 is 1.19 bits per heavy atom. The van der Waals surface area contributed by atoms with E-state index >= 15 is 0 Å². The van der Waals surface area contributed by atoms with Gasteiger partial charge in [-0.15, -0.1) is 0 Å². The maximum absolute atomic E-state index is 12.8. The lowest BCUT2D eigenvalue weighted by Gasteiger charge is -2.16. The molecule has 1 aliphatic heterocycles. The van der Waals surface area contributed by atoms with Gasteiger partial charge < -0.3 is 10.5 Å². The summed E-state index contributed by atoms with van der Waals surface area (Å²) in [5.74, 6) is 0.0983. The summed E-state index contributed by atoms with van der Waals surface area (Å²) < 4.78 is 5.16. The third-order valence-electron chi connectivity index (χ3n) is 3.89. The first-order chi connectivity index (χ1) is 12.6. The average molecular weight is 369 g/mol. The molecule has 2 N–H and O–H groups in total. The number of thioether (sulfide) groups is 1. The van der Waals surface area contributed by atoms with E-state index in [0.29, 0.717) is 11.7 Å². The summed E-state index contributed by atoms with van der Waals surface area (Å²) in [5, 5.41) is 0.0384. The van der Waals surface area contributed by atoms with Gasteiger partial charge in [0.25, 0.3) is 0 Å². The topological polar surface area (TPSA) is 85.0 Å². The summed E-state index contributed by atoms with van der Waals surface area (Å²) in [4.78, 5) is 30.2. The molecule has 0 saturated carbocycles. The lowest BCUT2D eigenvalue weighted by Crippen LogP contribution is -2.33. The Kier molecular flexibility index (Phi) is 5.58. The molecule has 0 spiro atoms. The molecule has 26 heavy (non-hydrogen) atoms. The highest BCUT2D eigenvalue weighted by atomic mass is 32.2. The summed E-state index contributed by atoms with van der Waals surface area (Å²) in [6, 6.07) is 16.9. The number of hydrogen-bond acceptors (Lipinski definition) is 5. The van der Waals surface area contributed by atoms with Crippen LogP contribution in [0.1, 0.15) is 12.0 Å². The number of ether oxygens (including phenoxy) is 1. The van der Waals surface area contributed by atoms with Crippen molar-refractivity contribution in [3.8, 4) is 5.75 Å². The molecule has 0 aliphatic carbocycles.